The number of likely N-dealkylation sites (N-methyl/N-ethyl adjacent to an activating group) is 1. The molecule has 1 fully saturated rings. The van der Waals surface area contributed by atoms with Crippen LogP contribution < -0.4 is 14.4 Å². The van der Waals surface area contributed by atoms with Crippen LogP contribution in [0.15, 0.2) is 48.5 Å². The van der Waals surface area contributed by atoms with Crippen LogP contribution in [-0.4, -0.2) is 30.1 Å². The van der Waals surface area contributed by atoms with Crippen molar-refractivity contribution in [3.05, 3.63) is 77.2 Å². The third-order valence-electron chi connectivity index (χ3n) is 6.56. The van der Waals surface area contributed by atoms with Gasteiger partial charge in [-0.25, -0.2) is 4.79 Å². The minimum Gasteiger partial charge on any atom is -0.485 e. The monoisotopic (exact) mass is 525 g/mol. The van der Waals surface area contributed by atoms with Crippen molar-refractivity contribution in [2.45, 2.75) is 44.8 Å². The quantitative estimate of drug-likeness (QED) is 0.248. The number of pyridine rings is 1. The van der Waals surface area contributed by atoms with Crippen molar-refractivity contribution in [3.63, 3.8) is 0 Å². The van der Waals surface area contributed by atoms with E-state index in [1.165, 1.54) is 25.2 Å². The van der Waals surface area contributed by atoms with Crippen LogP contribution in [0.4, 0.5) is 18.9 Å². The van der Waals surface area contributed by atoms with Crippen molar-refractivity contribution in [1.82, 2.24) is 4.98 Å². The van der Waals surface area contributed by atoms with Gasteiger partial charge in [0.25, 0.3) is 11.8 Å². The molecule has 0 N–H and O–H groups in total. The predicted octanol–water partition coefficient (Wildman–Crippen LogP) is 6.05. The largest absolute Gasteiger partial charge is 0.485 e. The lowest BCUT2D eigenvalue weighted by atomic mass is 9.94. The van der Waals surface area contributed by atoms with Crippen LogP contribution in [0.1, 0.15) is 43.7 Å². The molecule has 7 nitrogen and oxygen atoms in total. The number of carbonyl (C=O) groups is 1. The Morgan fingerprint density at radius 3 is 2.45 bits per heavy atom. The van der Waals surface area contributed by atoms with Gasteiger partial charge in [-0.05, 0) is 37.5 Å². The van der Waals surface area contributed by atoms with Crippen LogP contribution in [0, 0.1) is 28.9 Å². The minimum absolute atomic E-state index is 0.0828. The van der Waals surface area contributed by atoms with Crippen LogP contribution in [0.3, 0.4) is 0 Å². The fourth-order valence-electron chi connectivity index (χ4n) is 4.58. The van der Waals surface area contributed by atoms with Crippen LogP contribution in [0.25, 0.3) is 0 Å². The average molecular weight is 526 g/mol. The zero-order valence-corrected chi connectivity index (χ0v) is 21.0. The fourth-order valence-corrected chi connectivity index (χ4v) is 4.58. The fraction of sp³-hybridized carbons (Fsp3) is 0.321. The molecule has 0 bridgehead atoms. The molecule has 38 heavy (non-hydrogen) atoms. The number of anilines is 1. The molecular formula is C28H26F3N3O4. The lowest BCUT2D eigenvalue weighted by molar-refractivity contribution is -0.149. The van der Waals surface area contributed by atoms with Gasteiger partial charge in [0.05, 0.1) is 18.2 Å². The van der Waals surface area contributed by atoms with Gasteiger partial charge in [0, 0.05) is 13.1 Å². The molecule has 0 saturated heterocycles. The Balaban J connectivity index is 1.72. The second-order valence-corrected chi connectivity index (χ2v) is 8.85. The topological polar surface area (TPSA) is 84.7 Å². The van der Waals surface area contributed by atoms with E-state index in [1.54, 1.807) is 6.92 Å². The summed E-state index contributed by atoms with van der Waals surface area (Å²) >= 11 is 0. The van der Waals surface area contributed by atoms with Gasteiger partial charge < -0.3 is 19.1 Å². The van der Waals surface area contributed by atoms with Gasteiger partial charge >= 0.3 is 5.97 Å². The zero-order chi connectivity index (χ0) is 27.3. The first kappa shape index (κ1) is 26.8. The minimum atomic E-state index is -1.61. The molecule has 0 radical (unpaired) electrons. The third-order valence-corrected chi connectivity index (χ3v) is 6.56. The maximum Gasteiger partial charge on any atom is 0.331 e. The molecule has 0 spiro atoms. The van der Waals surface area contributed by atoms with Crippen molar-refractivity contribution < 1.29 is 32.2 Å². The Morgan fingerprint density at radius 2 is 1.79 bits per heavy atom. The van der Waals surface area contributed by atoms with Gasteiger partial charge in [0.1, 0.15) is 17.8 Å². The molecule has 1 heterocycles. The van der Waals surface area contributed by atoms with E-state index in [0.29, 0.717) is 12.8 Å². The molecule has 1 aliphatic rings. The van der Waals surface area contributed by atoms with Gasteiger partial charge in [-0.15, -0.1) is 0 Å². The van der Waals surface area contributed by atoms with Crippen molar-refractivity contribution >= 4 is 11.7 Å². The number of hydrogen-bond donors (Lipinski definition) is 0. The van der Waals surface area contributed by atoms with Crippen molar-refractivity contribution in [2.75, 3.05) is 18.6 Å². The van der Waals surface area contributed by atoms with Crippen LogP contribution in [0.5, 0.6) is 17.4 Å². The average Bonchev–Trinajstić information content (AvgIpc) is 3.43. The van der Waals surface area contributed by atoms with E-state index < -0.39 is 40.7 Å². The van der Waals surface area contributed by atoms with E-state index >= 15 is 8.78 Å². The molecule has 0 unspecified atom stereocenters. The van der Waals surface area contributed by atoms with Gasteiger partial charge in [-0.2, -0.15) is 23.4 Å². The molecule has 10 heteroatoms. The van der Waals surface area contributed by atoms with Gasteiger partial charge in [-0.3, -0.25) is 0 Å². The Kier molecular flexibility index (Phi) is 8.05. The predicted molar refractivity (Wildman–Crippen MR) is 132 cm³/mol. The molecule has 0 aliphatic heterocycles. The number of halogens is 3. The summed E-state index contributed by atoms with van der Waals surface area (Å²) in [6, 6.07) is 15.4. The summed E-state index contributed by atoms with van der Waals surface area (Å²) in [6.45, 7) is 1.85. The van der Waals surface area contributed by atoms with Crippen molar-refractivity contribution in [3.8, 4) is 23.4 Å². The molecule has 4 rings (SSSR count). The first-order valence-electron chi connectivity index (χ1n) is 12.1. The van der Waals surface area contributed by atoms with Crippen LogP contribution >= 0.6 is 0 Å². The van der Waals surface area contributed by atoms with E-state index in [9.17, 15) is 14.4 Å². The number of aromatic nitrogens is 1. The molecule has 2 aromatic carbocycles. The number of esters is 1. The highest BCUT2D eigenvalue weighted by Crippen LogP contribution is 2.43. The van der Waals surface area contributed by atoms with Gasteiger partial charge in [0.2, 0.25) is 11.6 Å². The van der Waals surface area contributed by atoms with Crippen LogP contribution in [0.2, 0.25) is 0 Å². The second-order valence-electron chi connectivity index (χ2n) is 8.85. The summed E-state index contributed by atoms with van der Waals surface area (Å²) in [7, 11) is 1.32. The molecule has 0 amide bonds. The Hall–Kier alpha value is -4.26. The number of benzene rings is 2. The molecule has 1 aromatic heterocycles. The molecule has 198 valence electrons. The number of nitrogens with zero attached hydrogens (tertiary/aromatic N) is 3. The maximum absolute atomic E-state index is 15.8. The summed E-state index contributed by atoms with van der Waals surface area (Å²) in [4.78, 5) is 17.3. The normalized spacial score (nSPS) is 14.0. The standard InChI is InChI=1S/C28H26F3N3O4/c1-3-36-27(35)28(13-7-8-14-28)34(2)24-22(29)25(31)33-26(23(24)30)38-21-15-19(16-32)11-12-20(21)37-17-18-9-5-4-6-10-18/h4-6,9-12,15H,3,7-8,13-14,17H2,1-2H3. The maximum atomic E-state index is 15.8. The summed E-state index contributed by atoms with van der Waals surface area (Å²) in [5.74, 6) is -5.97. The first-order chi connectivity index (χ1) is 18.3. The van der Waals surface area contributed by atoms with Gasteiger partial charge in [0.15, 0.2) is 11.5 Å². The van der Waals surface area contributed by atoms with Crippen molar-refractivity contribution in [1.29, 1.82) is 5.26 Å². The number of hydrogen-bond acceptors (Lipinski definition) is 7. The third kappa shape index (κ3) is 5.23. The zero-order valence-electron chi connectivity index (χ0n) is 21.0. The summed E-state index contributed by atoms with van der Waals surface area (Å²) in [6.07, 6.45) is 1.82. The second kappa shape index (κ2) is 11.4. The number of nitriles is 1. The van der Waals surface area contributed by atoms with E-state index in [4.69, 9.17) is 14.2 Å². The molecule has 3 aromatic rings. The lowest BCUT2D eigenvalue weighted by Crippen LogP contribution is -2.52. The Labute approximate surface area is 218 Å². The highest BCUT2D eigenvalue weighted by Gasteiger charge is 2.48. The smallest absolute Gasteiger partial charge is 0.331 e. The number of carbonyl (C=O) groups excluding carboxylic acids is 1. The first-order valence-corrected chi connectivity index (χ1v) is 12.1. The Morgan fingerprint density at radius 1 is 1.08 bits per heavy atom. The van der Waals surface area contributed by atoms with Gasteiger partial charge in [-0.1, -0.05) is 43.2 Å². The highest BCUT2D eigenvalue weighted by molar-refractivity contribution is 5.86. The van der Waals surface area contributed by atoms with Crippen LogP contribution in [-0.2, 0) is 16.1 Å². The highest BCUT2D eigenvalue weighted by atomic mass is 19.2. The van der Waals surface area contributed by atoms with E-state index in [-0.39, 0.29) is 43.1 Å². The Bertz CT molecular complexity index is 1360. The number of ether oxygens (including phenoxy) is 3. The molecule has 0 atom stereocenters. The van der Waals surface area contributed by atoms with Crippen molar-refractivity contribution in [2.24, 2.45) is 0 Å². The summed E-state index contributed by atoms with van der Waals surface area (Å²) in [5, 5.41) is 9.33. The number of rotatable bonds is 9. The summed E-state index contributed by atoms with van der Waals surface area (Å²) in [5.41, 5.74) is -1.16. The lowest BCUT2D eigenvalue weighted by Gasteiger charge is -2.38. The summed E-state index contributed by atoms with van der Waals surface area (Å²) < 4.78 is 62.1. The van der Waals surface area contributed by atoms with E-state index in [0.717, 1.165) is 10.5 Å². The molecule has 1 aliphatic carbocycles. The van der Waals surface area contributed by atoms with E-state index in [2.05, 4.69) is 4.98 Å². The van der Waals surface area contributed by atoms with E-state index in [1.807, 2.05) is 36.4 Å². The molecular weight excluding hydrogens is 499 g/mol. The molecule has 1 saturated carbocycles. The SMILES string of the molecule is CCOC(=O)C1(N(C)c2c(F)c(F)nc(Oc3cc(C#N)ccc3OCc3ccccc3)c2F)CCCC1.